The molecular formula is C15H17N3O2S. The van der Waals surface area contributed by atoms with E-state index in [0.29, 0.717) is 17.9 Å². The number of aromatic nitrogens is 2. The topological polar surface area (TPSA) is 64.1 Å². The molecule has 0 saturated carbocycles. The molecule has 1 aliphatic heterocycles. The van der Waals surface area contributed by atoms with E-state index in [1.54, 1.807) is 0 Å². The normalized spacial score (nSPS) is 17.5. The Balaban J connectivity index is 1.83. The lowest BCUT2D eigenvalue weighted by atomic mass is 10.0. The van der Waals surface area contributed by atoms with Crippen molar-refractivity contribution in [2.45, 2.75) is 32.2 Å². The van der Waals surface area contributed by atoms with Gasteiger partial charge >= 0.3 is 0 Å². The molecule has 1 atom stereocenters. The van der Waals surface area contributed by atoms with E-state index < -0.39 is 0 Å². The zero-order valence-electron chi connectivity index (χ0n) is 11.8. The maximum atomic E-state index is 12.5. The number of carbonyl (C=O) groups is 1. The van der Waals surface area contributed by atoms with E-state index in [1.165, 1.54) is 0 Å². The van der Waals surface area contributed by atoms with E-state index in [-0.39, 0.29) is 11.9 Å². The third-order valence-electron chi connectivity index (χ3n) is 3.59. The standard InChI is InChI=1S/C15H17N3O2S/c1-2-11-14(21-18-17-11)15(19)16-12-7-5-9-20-13-8-4-3-6-10(12)13/h3-4,6,8,12H,2,5,7,9H2,1H3,(H,16,19)/t12-/m1/s1. The van der Waals surface area contributed by atoms with Crippen LogP contribution in [0.5, 0.6) is 5.75 Å². The molecule has 0 spiro atoms. The van der Waals surface area contributed by atoms with Gasteiger partial charge in [-0.05, 0) is 36.9 Å². The number of para-hydroxylation sites is 1. The fourth-order valence-corrected chi connectivity index (χ4v) is 3.16. The minimum Gasteiger partial charge on any atom is -0.493 e. The number of hydrogen-bond donors (Lipinski definition) is 1. The summed E-state index contributed by atoms with van der Waals surface area (Å²) in [5, 5.41) is 7.10. The first kappa shape index (κ1) is 14.0. The molecule has 0 radical (unpaired) electrons. The van der Waals surface area contributed by atoms with Gasteiger partial charge in [0.2, 0.25) is 0 Å². The molecule has 1 amide bonds. The van der Waals surface area contributed by atoms with Crippen LogP contribution in [-0.2, 0) is 6.42 Å². The summed E-state index contributed by atoms with van der Waals surface area (Å²) < 4.78 is 9.60. The van der Waals surface area contributed by atoms with Gasteiger partial charge in [-0.25, -0.2) is 0 Å². The molecule has 6 heteroatoms. The van der Waals surface area contributed by atoms with Crippen LogP contribution in [-0.4, -0.2) is 22.1 Å². The Hall–Kier alpha value is -1.95. The van der Waals surface area contributed by atoms with Crippen LogP contribution in [0.15, 0.2) is 24.3 Å². The van der Waals surface area contributed by atoms with Gasteiger partial charge < -0.3 is 10.1 Å². The predicted octanol–water partition coefficient (Wildman–Crippen LogP) is 2.74. The second-order valence-electron chi connectivity index (χ2n) is 4.96. The van der Waals surface area contributed by atoms with Crippen molar-refractivity contribution in [2.24, 2.45) is 0 Å². The SMILES string of the molecule is CCc1nnsc1C(=O)N[C@@H]1CCCOc2ccccc21. The average molecular weight is 303 g/mol. The van der Waals surface area contributed by atoms with Crippen molar-refractivity contribution in [2.75, 3.05) is 6.61 Å². The number of benzene rings is 1. The maximum absolute atomic E-state index is 12.5. The summed E-state index contributed by atoms with van der Waals surface area (Å²) in [5.41, 5.74) is 1.80. The third kappa shape index (κ3) is 2.90. The van der Waals surface area contributed by atoms with Gasteiger partial charge in [-0.1, -0.05) is 29.6 Å². The molecule has 1 aliphatic rings. The number of fused-ring (bicyclic) bond motifs is 1. The van der Waals surface area contributed by atoms with Gasteiger partial charge in [-0.15, -0.1) is 5.10 Å². The second kappa shape index (κ2) is 6.22. The number of carbonyl (C=O) groups excluding carboxylic acids is 1. The molecule has 0 unspecified atom stereocenters. The maximum Gasteiger partial charge on any atom is 0.265 e. The Morgan fingerprint density at radius 1 is 1.48 bits per heavy atom. The van der Waals surface area contributed by atoms with Crippen molar-refractivity contribution >= 4 is 17.4 Å². The highest BCUT2D eigenvalue weighted by molar-refractivity contribution is 7.08. The van der Waals surface area contributed by atoms with Crippen molar-refractivity contribution in [1.29, 1.82) is 0 Å². The Bertz CT molecular complexity index is 641. The van der Waals surface area contributed by atoms with Gasteiger partial charge in [-0.2, -0.15) is 0 Å². The second-order valence-corrected chi connectivity index (χ2v) is 5.71. The van der Waals surface area contributed by atoms with Crippen LogP contribution in [0.4, 0.5) is 0 Å². The van der Waals surface area contributed by atoms with Gasteiger partial charge in [0.1, 0.15) is 10.6 Å². The van der Waals surface area contributed by atoms with Gasteiger partial charge in [0.15, 0.2) is 0 Å². The summed E-state index contributed by atoms with van der Waals surface area (Å²) in [7, 11) is 0. The molecule has 110 valence electrons. The molecule has 21 heavy (non-hydrogen) atoms. The lowest BCUT2D eigenvalue weighted by Gasteiger charge is -2.17. The van der Waals surface area contributed by atoms with E-state index in [2.05, 4.69) is 14.9 Å². The largest absolute Gasteiger partial charge is 0.493 e. The summed E-state index contributed by atoms with van der Waals surface area (Å²) >= 11 is 1.15. The molecule has 5 nitrogen and oxygen atoms in total. The van der Waals surface area contributed by atoms with Crippen molar-refractivity contribution < 1.29 is 9.53 Å². The number of ether oxygens (including phenoxy) is 1. The van der Waals surface area contributed by atoms with Crippen molar-refractivity contribution in [3.05, 3.63) is 40.4 Å². The molecule has 0 bridgehead atoms. The van der Waals surface area contributed by atoms with E-state index in [4.69, 9.17) is 4.74 Å². The summed E-state index contributed by atoms with van der Waals surface area (Å²) in [6, 6.07) is 7.86. The van der Waals surface area contributed by atoms with Gasteiger partial charge in [0.05, 0.1) is 18.3 Å². The van der Waals surface area contributed by atoms with Gasteiger partial charge in [0, 0.05) is 5.56 Å². The van der Waals surface area contributed by atoms with Crippen LogP contribution in [0.2, 0.25) is 0 Å². The fraction of sp³-hybridized carbons (Fsp3) is 0.400. The number of nitrogens with one attached hydrogen (secondary N) is 1. The summed E-state index contributed by atoms with van der Waals surface area (Å²) in [6.45, 7) is 2.66. The molecule has 3 rings (SSSR count). The van der Waals surface area contributed by atoms with Crippen molar-refractivity contribution in [3.8, 4) is 5.75 Å². The smallest absolute Gasteiger partial charge is 0.265 e. The van der Waals surface area contributed by atoms with E-state index in [9.17, 15) is 4.79 Å². The first-order valence-corrected chi connectivity index (χ1v) is 7.90. The number of amides is 1. The van der Waals surface area contributed by atoms with Crippen LogP contribution in [0.3, 0.4) is 0 Å². The Morgan fingerprint density at radius 3 is 3.19 bits per heavy atom. The third-order valence-corrected chi connectivity index (χ3v) is 4.36. The first-order chi connectivity index (χ1) is 10.3. The molecule has 0 fully saturated rings. The molecule has 2 aromatic rings. The molecule has 1 N–H and O–H groups in total. The number of aryl methyl sites for hydroxylation is 1. The van der Waals surface area contributed by atoms with Crippen LogP contribution >= 0.6 is 11.5 Å². The minimum absolute atomic E-state index is 0.0250. The van der Waals surface area contributed by atoms with Crippen LogP contribution < -0.4 is 10.1 Å². The fourth-order valence-electron chi connectivity index (χ4n) is 2.51. The van der Waals surface area contributed by atoms with E-state index in [0.717, 1.165) is 41.4 Å². The Labute approximate surface area is 127 Å². The van der Waals surface area contributed by atoms with Crippen molar-refractivity contribution in [1.82, 2.24) is 14.9 Å². The molecule has 2 heterocycles. The van der Waals surface area contributed by atoms with E-state index in [1.807, 2.05) is 31.2 Å². The van der Waals surface area contributed by atoms with Gasteiger partial charge in [0.25, 0.3) is 5.91 Å². The minimum atomic E-state index is -0.0939. The lowest BCUT2D eigenvalue weighted by Crippen LogP contribution is -2.28. The van der Waals surface area contributed by atoms with Crippen LogP contribution in [0, 0.1) is 0 Å². The van der Waals surface area contributed by atoms with Crippen LogP contribution in [0.1, 0.15) is 46.7 Å². The number of nitrogens with zero attached hydrogens (tertiary/aromatic N) is 2. The van der Waals surface area contributed by atoms with Gasteiger partial charge in [-0.3, -0.25) is 4.79 Å². The molecule has 0 saturated heterocycles. The Morgan fingerprint density at radius 2 is 2.33 bits per heavy atom. The lowest BCUT2D eigenvalue weighted by molar-refractivity contribution is 0.0937. The zero-order chi connectivity index (χ0) is 14.7. The Kier molecular flexibility index (Phi) is 4.15. The summed E-state index contributed by atoms with van der Waals surface area (Å²) in [4.78, 5) is 13.1. The number of rotatable bonds is 3. The highest BCUT2D eigenvalue weighted by atomic mass is 32.1. The van der Waals surface area contributed by atoms with E-state index >= 15 is 0 Å². The average Bonchev–Trinajstić information content (AvgIpc) is 2.90. The molecule has 0 aliphatic carbocycles. The quantitative estimate of drug-likeness (QED) is 0.947. The van der Waals surface area contributed by atoms with Crippen LogP contribution in [0.25, 0.3) is 0 Å². The zero-order valence-corrected chi connectivity index (χ0v) is 12.7. The molecule has 1 aromatic carbocycles. The van der Waals surface area contributed by atoms with Crippen molar-refractivity contribution in [3.63, 3.8) is 0 Å². The summed E-state index contributed by atoms with van der Waals surface area (Å²) in [5.74, 6) is 0.766. The first-order valence-electron chi connectivity index (χ1n) is 7.13. The molecular weight excluding hydrogens is 286 g/mol. The highest BCUT2D eigenvalue weighted by Crippen LogP contribution is 2.31. The predicted molar refractivity (Wildman–Crippen MR) is 80.7 cm³/mol. The monoisotopic (exact) mass is 303 g/mol. The molecule has 1 aromatic heterocycles. The highest BCUT2D eigenvalue weighted by Gasteiger charge is 2.23. The number of hydrogen-bond acceptors (Lipinski definition) is 5. The summed E-state index contributed by atoms with van der Waals surface area (Å²) in [6.07, 6.45) is 2.50.